The highest BCUT2D eigenvalue weighted by molar-refractivity contribution is 6.36. The molecule has 6 N–H and O–H groups in total. The van der Waals surface area contributed by atoms with Crippen molar-refractivity contribution in [2.45, 2.75) is 69.7 Å². The van der Waals surface area contributed by atoms with Crippen LogP contribution in [0.25, 0.3) is 22.4 Å². The van der Waals surface area contributed by atoms with Gasteiger partial charge in [0.1, 0.15) is 17.8 Å². The third-order valence-corrected chi connectivity index (χ3v) is 9.89. The molecule has 1 amide bonds. The Morgan fingerprint density at radius 1 is 1.02 bits per heavy atom. The monoisotopic (exact) mass is 769 g/mol. The van der Waals surface area contributed by atoms with E-state index in [1.807, 2.05) is 48.5 Å². The fraction of sp³-hybridized carbons (Fsp3) is 0.378. The largest absolute Gasteiger partial charge is 0.481 e. The number of carboxylic acids is 1. The molecule has 1 unspecified atom stereocenters. The second kappa shape index (κ2) is 16.1. The number of amides is 1. The van der Waals surface area contributed by atoms with Crippen LogP contribution >= 0.6 is 11.6 Å². The molecule has 0 radical (unpaired) electrons. The Morgan fingerprint density at radius 2 is 1.74 bits per heavy atom. The van der Waals surface area contributed by atoms with Crippen molar-refractivity contribution >= 4 is 29.3 Å². The minimum atomic E-state index is -4.86. The summed E-state index contributed by atoms with van der Waals surface area (Å²) in [6.07, 6.45) is -4.52. The van der Waals surface area contributed by atoms with Crippen molar-refractivity contribution in [3.05, 3.63) is 81.6 Å². The van der Waals surface area contributed by atoms with Crippen LogP contribution in [0.5, 0.6) is 11.8 Å². The molecule has 0 spiro atoms. The Kier molecular flexibility index (Phi) is 11.6. The van der Waals surface area contributed by atoms with Crippen molar-refractivity contribution in [1.29, 1.82) is 0 Å². The van der Waals surface area contributed by atoms with Gasteiger partial charge in [-0.2, -0.15) is 18.2 Å². The van der Waals surface area contributed by atoms with Crippen molar-refractivity contribution in [2.24, 2.45) is 0 Å². The van der Waals surface area contributed by atoms with Gasteiger partial charge in [-0.3, -0.25) is 14.9 Å². The number of aliphatic carboxylic acids is 1. The molecule has 54 heavy (non-hydrogen) atoms. The molecule has 13 nitrogen and oxygen atoms in total. The molecule has 286 valence electrons. The number of fused-ring (bicyclic) bond motifs is 1. The molecule has 1 saturated heterocycles. The van der Waals surface area contributed by atoms with Gasteiger partial charge in [0.25, 0.3) is 0 Å². The van der Waals surface area contributed by atoms with E-state index in [0.717, 1.165) is 27.8 Å². The average molecular weight is 770 g/mol. The third-order valence-electron chi connectivity index (χ3n) is 9.48. The van der Waals surface area contributed by atoms with Crippen molar-refractivity contribution in [1.82, 2.24) is 30.9 Å². The minimum absolute atomic E-state index is 0.166. The van der Waals surface area contributed by atoms with Gasteiger partial charge in [0, 0.05) is 48.8 Å². The lowest BCUT2D eigenvalue weighted by atomic mass is 9.94. The molecule has 1 aliphatic carbocycles. The first-order valence-corrected chi connectivity index (χ1v) is 17.6. The Hall–Kier alpha value is -5.03. The molecular weight excluding hydrogens is 731 g/mol. The van der Waals surface area contributed by atoms with Crippen LogP contribution in [0.1, 0.15) is 53.9 Å². The van der Waals surface area contributed by atoms with Crippen molar-refractivity contribution in [2.75, 3.05) is 26.1 Å². The molecule has 0 bridgehead atoms. The standard InChI is InChI=1S/C37H39ClF3N7O6/c1-18(36(51)52)43-17-28-35(54-3)48-32(31(45-28)37(39,40)41)46-26-13-11-22-21(6-4-7-23(22)26)24-8-5-9-25(30(24)38)27-12-10-19(34(47-27)53-2)15-42-16-20-14-29(49)33(50)44-20/h4-10,12,18,20,26,29,42-43,49H,11,13-17H2,1-3H3,(H,44,50)(H,46,48)(H,51,52)/t18-,20-,26-,29?/m0/s1. The maximum Gasteiger partial charge on any atom is 0.437 e. The first kappa shape index (κ1) is 38.7. The molecule has 2 aromatic carbocycles. The van der Waals surface area contributed by atoms with Crippen LogP contribution in [0.2, 0.25) is 5.02 Å². The van der Waals surface area contributed by atoms with Crippen molar-refractivity contribution in [3.8, 4) is 34.1 Å². The minimum Gasteiger partial charge on any atom is -0.481 e. The van der Waals surface area contributed by atoms with Gasteiger partial charge >= 0.3 is 12.1 Å². The molecule has 2 aliphatic rings. The Bertz CT molecular complexity index is 2050. The van der Waals surface area contributed by atoms with Gasteiger partial charge < -0.3 is 35.6 Å². The number of aromatic nitrogens is 3. The van der Waals surface area contributed by atoms with Crippen LogP contribution in [0.3, 0.4) is 0 Å². The lowest BCUT2D eigenvalue weighted by Gasteiger charge is -2.21. The van der Waals surface area contributed by atoms with Gasteiger partial charge in [-0.1, -0.05) is 54.1 Å². The van der Waals surface area contributed by atoms with Crippen molar-refractivity contribution < 1.29 is 42.4 Å². The zero-order valence-electron chi connectivity index (χ0n) is 29.6. The van der Waals surface area contributed by atoms with Gasteiger partial charge in [0.15, 0.2) is 11.5 Å². The number of methoxy groups -OCH3 is 2. The number of carboxylic acid groups (broad SMARTS) is 1. The molecule has 3 heterocycles. The molecular formula is C37H39ClF3N7O6. The first-order chi connectivity index (χ1) is 25.8. The topological polar surface area (TPSA) is 180 Å². The first-order valence-electron chi connectivity index (χ1n) is 17.2. The predicted octanol–water partition coefficient (Wildman–Crippen LogP) is 4.90. The Labute approximate surface area is 313 Å². The third kappa shape index (κ3) is 8.21. The van der Waals surface area contributed by atoms with Gasteiger partial charge in [-0.25, -0.2) is 9.97 Å². The number of nitrogens with zero attached hydrogens (tertiary/aromatic N) is 3. The molecule has 4 aromatic rings. The summed E-state index contributed by atoms with van der Waals surface area (Å²) >= 11 is 7.08. The summed E-state index contributed by atoms with van der Waals surface area (Å²) in [5.41, 5.74) is 3.86. The average Bonchev–Trinajstić information content (AvgIpc) is 3.71. The number of nitrogens with one attached hydrogen (secondary N) is 4. The van der Waals surface area contributed by atoms with Gasteiger partial charge in [0.05, 0.1) is 31.0 Å². The molecule has 1 fully saturated rings. The molecule has 4 atom stereocenters. The number of ether oxygens (including phenoxy) is 2. The number of anilines is 1. The predicted molar refractivity (Wildman–Crippen MR) is 193 cm³/mol. The lowest BCUT2D eigenvalue weighted by molar-refractivity contribution is -0.141. The number of carbonyl (C=O) groups is 2. The van der Waals surface area contributed by atoms with E-state index in [1.54, 1.807) is 0 Å². The van der Waals surface area contributed by atoms with E-state index in [9.17, 15) is 27.9 Å². The summed E-state index contributed by atoms with van der Waals surface area (Å²) in [5, 5.41) is 30.9. The highest BCUT2D eigenvalue weighted by Gasteiger charge is 2.39. The van der Waals surface area contributed by atoms with Crippen LogP contribution in [0.4, 0.5) is 19.0 Å². The van der Waals surface area contributed by atoms with Gasteiger partial charge in [-0.15, -0.1) is 0 Å². The number of rotatable bonds is 14. The van der Waals surface area contributed by atoms with E-state index >= 15 is 0 Å². The maximum absolute atomic E-state index is 14.3. The number of carbonyl (C=O) groups excluding carboxylic acids is 1. The highest BCUT2D eigenvalue weighted by Crippen LogP contribution is 2.44. The fourth-order valence-corrected chi connectivity index (χ4v) is 7.03. The quantitative estimate of drug-likeness (QED) is 0.102. The highest BCUT2D eigenvalue weighted by atomic mass is 35.5. The summed E-state index contributed by atoms with van der Waals surface area (Å²) < 4.78 is 53.8. The molecule has 17 heteroatoms. The van der Waals surface area contributed by atoms with E-state index in [0.29, 0.717) is 54.5 Å². The van der Waals surface area contributed by atoms with Crippen LogP contribution in [0, 0.1) is 0 Å². The van der Waals surface area contributed by atoms with E-state index in [2.05, 4.69) is 31.2 Å². The number of halogens is 4. The van der Waals surface area contributed by atoms with E-state index in [4.69, 9.17) is 31.2 Å². The second-order valence-electron chi connectivity index (χ2n) is 13.0. The summed E-state index contributed by atoms with van der Waals surface area (Å²) in [6, 6.07) is 13.1. The summed E-state index contributed by atoms with van der Waals surface area (Å²) in [7, 11) is 2.78. The Morgan fingerprint density at radius 3 is 2.43 bits per heavy atom. The molecule has 1 aliphatic heterocycles. The van der Waals surface area contributed by atoms with Crippen LogP contribution < -0.4 is 30.7 Å². The zero-order chi connectivity index (χ0) is 38.7. The summed E-state index contributed by atoms with van der Waals surface area (Å²) in [6.45, 7) is 1.93. The number of aliphatic hydroxyl groups is 1. The number of hydrogen-bond donors (Lipinski definition) is 6. The van der Waals surface area contributed by atoms with E-state index in [1.165, 1.54) is 21.1 Å². The van der Waals surface area contributed by atoms with Crippen LogP contribution in [-0.2, 0) is 35.3 Å². The number of pyridine rings is 1. The molecule has 0 saturated carbocycles. The number of alkyl halides is 3. The van der Waals surface area contributed by atoms with Gasteiger partial charge in [-0.05, 0) is 42.5 Å². The lowest BCUT2D eigenvalue weighted by Crippen LogP contribution is -2.35. The smallest absolute Gasteiger partial charge is 0.437 e. The zero-order valence-corrected chi connectivity index (χ0v) is 30.3. The van der Waals surface area contributed by atoms with Gasteiger partial charge in [0.2, 0.25) is 17.7 Å². The Balaban J connectivity index is 1.24. The number of benzene rings is 2. The number of aliphatic hydroxyl groups excluding tert-OH is 1. The number of hydrogen-bond acceptors (Lipinski definition) is 11. The van der Waals surface area contributed by atoms with Crippen LogP contribution in [-0.4, -0.2) is 76.0 Å². The molecule has 6 rings (SSSR count). The normalized spacial score (nSPS) is 18.6. The molecule has 2 aromatic heterocycles. The van der Waals surface area contributed by atoms with E-state index < -0.39 is 41.8 Å². The second-order valence-corrected chi connectivity index (χ2v) is 13.4. The van der Waals surface area contributed by atoms with Crippen molar-refractivity contribution in [3.63, 3.8) is 0 Å². The SMILES string of the molecule is COc1nc(-c2cccc(-c3cccc4c3CC[C@@H]4Nc3nc(OC)c(CN[C@@H](C)C(=O)O)nc3C(F)(F)F)c2Cl)ccc1CNC[C@@H]1CC(O)C(=O)N1. The summed E-state index contributed by atoms with van der Waals surface area (Å²) in [5.74, 6) is -1.82. The summed E-state index contributed by atoms with van der Waals surface area (Å²) in [4.78, 5) is 35.5. The fourth-order valence-electron chi connectivity index (χ4n) is 6.71. The maximum atomic E-state index is 14.3. The van der Waals surface area contributed by atoms with E-state index in [-0.39, 0.29) is 30.1 Å². The van der Waals surface area contributed by atoms with Crippen LogP contribution in [0.15, 0.2) is 48.5 Å².